The first kappa shape index (κ1) is 17.1. The molecule has 0 saturated carbocycles. The number of ketones is 1. The van der Waals surface area contributed by atoms with E-state index in [2.05, 4.69) is 17.6 Å². The van der Waals surface area contributed by atoms with Crippen LogP contribution in [0.2, 0.25) is 0 Å². The Bertz CT molecular complexity index is 198. The summed E-state index contributed by atoms with van der Waals surface area (Å²) in [5.41, 5.74) is 0. The van der Waals surface area contributed by atoms with Crippen LogP contribution in [0.15, 0.2) is 0 Å². The van der Waals surface area contributed by atoms with Crippen molar-refractivity contribution < 1.29 is 30.7 Å². The number of likely N-dealkylation sites (N-methyl/N-ethyl adjacent to an activating group) is 1. The molecule has 0 rings (SSSR count). The van der Waals surface area contributed by atoms with Gasteiger partial charge in [0.15, 0.2) is 0 Å². The molecule has 0 fully saturated rings. The predicted molar refractivity (Wildman–Crippen MR) is 55.7 cm³/mol. The van der Waals surface area contributed by atoms with E-state index < -0.39 is 0 Å². The molecule has 0 aliphatic carbocycles. The molecule has 0 bridgehead atoms. The molecule has 4 nitrogen and oxygen atoms in total. The van der Waals surface area contributed by atoms with E-state index in [9.17, 15) is 9.59 Å². The maximum Gasteiger partial charge on any atom is 0.146 e. The zero-order chi connectivity index (χ0) is 11.0. The van der Waals surface area contributed by atoms with Crippen LogP contribution in [0.25, 0.3) is 0 Å². The van der Waals surface area contributed by atoms with Crippen molar-refractivity contribution in [3.63, 3.8) is 0 Å². The van der Waals surface area contributed by atoms with Crippen molar-refractivity contribution in [2.24, 2.45) is 0 Å². The first-order chi connectivity index (χ1) is 6.57. The number of carbonyl (C=O) groups is 2. The maximum absolute atomic E-state index is 11.0. The molecule has 1 atom stereocenters. The second-order valence-corrected chi connectivity index (χ2v) is 3.30. The molecule has 88 valence electrons. The third-order valence-corrected chi connectivity index (χ3v) is 2.08. The Labute approximate surface area is 106 Å². The minimum atomic E-state index is -0.248. The van der Waals surface area contributed by atoms with Gasteiger partial charge in [0.05, 0.1) is 11.9 Å². The molecule has 0 aliphatic heterocycles. The molecule has 0 aromatic heterocycles. The number of carbonyl (C=O) groups excluding carboxylic acids is 2. The Morgan fingerprint density at radius 2 is 1.93 bits per heavy atom. The molecule has 15 heavy (non-hydrogen) atoms. The normalized spacial score (nSPS) is 11.3. The first-order valence-electron chi connectivity index (χ1n) is 4.85. The molecule has 0 unspecified atom stereocenters. The van der Waals surface area contributed by atoms with Crippen molar-refractivity contribution in [2.75, 3.05) is 13.6 Å². The monoisotopic (exact) mass is 383 g/mol. The summed E-state index contributed by atoms with van der Waals surface area (Å²) in [5.74, 6) is -0.0876. The van der Waals surface area contributed by atoms with Gasteiger partial charge in [-0.15, -0.1) is 0 Å². The molecule has 0 heterocycles. The van der Waals surface area contributed by atoms with E-state index >= 15 is 0 Å². The third kappa shape index (κ3) is 9.95. The van der Waals surface area contributed by atoms with Gasteiger partial charge in [0.1, 0.15) is 5.78 Å². The smallest absolute Gasteiger partial charge is 0.146 e. The van der Waals surface area contributed by atoms with Gasteiger partial charge in [0, 0.05) is 27.6 Å². The average molecular weight is 383 g/mol. The Hall–Kier alpha value is -0.342. The number of unbranched alkanes of at least 4 members (excludes halogenated alkanes) is 1. The quantitative estimate of drug-likeness (QED) is 0.491. The summed E-state index contributed by atoms with van der Waals surface area (Å²) < 4.78 is 0. The van der Waals surface area contributed by atoms with Crippen molar-refractivity contribution in [1.82, 2.24) is 10.6 Å². The van der Waals surface area contributed by atoms with Gasteiger partial charge in [-0.2, -0.15) is 0 Å². The second kappa shape index (κ2) is 10.2. The van der Waals surface area contributed by atoms with E-state index in [1.165, 1.54) is 0 Å². The van der Waals surface area contributed by atoms with Crippen LogP contribution in [0.1, 0.15) is 26.2 Å². The number of amides is 1. The van der Waals surface area contributed by atoms with Crippen LogP contribution >= 0.6 is 0 Å². The molecule has 0 saturated heterocycles. The fourth-order valence-electron chi connectivity index (χ4n) is 1.25. The molecule has 2 N–H and O–H groups in total. The number of Topliss-reactive ketones (excluding diaryl/α,β-unsaturated/α-hetero) is 1. The van der Waals surface area contributed by atoms with Crippen LogP contribution in [0.3, 0.4) is 0 Å². The van der Waals surface area contributed by atoms with Gasteiger partial charge in [0.2, 0.25) is 0 Å². The average Bonchev–Trinajstić information content (AvgIpc) is 2.10. The molecule has 0 aromatic rings. The predicted octanol–water partition coefficient (Wildman–Crippen LogP) is 0.281. The molecule has 0 radical (unpaired) electrons. The molecule has 5 heteroatoms. The van der Waals surface area contributed by atoms with E-state index in [0.717, 1.165) is 19.3 Å². The van der Waals surface area contributed by atoms with Gasteiger partial charge in [-0.3, -0.25) is 4.79 Å². The summed E-state index contributed by atoms with van der Waals surface area (Å²) in [6.07, 6.45) is 2.62. The zero-order valence-electron chi connectivity index (χ0n) is 9.34. The van der Waals surface area contributed by atoms with Gasteiger partial charge in [-0.1, -0.05) is 0 Å². The van der Waals surface area contributed by atoms with E-state index in [4.69, 9.17) is 0 Å². The largest absolute Gasteiger partial charge is 0.381 e. The van der Waals surface area contributed by atoms with Crippen LogP contribution in [0.4, 0.5) is 0 Å². The molecular formula is C10H19N2O2W-. The molecular weight excluding hydrogens is 364 g/mol. The van der Waals surface area contributed by atoms with Crippen LogP contribution in [0, 0.1) is 6.92 Å². The number of nitrogens with one attached hydrogen (secondary N) is 2. The topological polar surface area (TPSA) is 58.2 Å². The van der Waals surface area contributed by atoms with Crippen molar-refractivity contribution in [2.45, 2.75) is 32.2 Å². The number of hydrogen-bond acceptors (Lipinski definition) is 3. The van der Waals surface area contributed by atoms with E-state index in [0.29, 0.717) is 6.54 Å². The summed E-state index contributed by atoms with van der Waals surface area (Å²) in [6.45, 7) is 5.42. The molecule has 0 spiro atoms. The van der Waals surface area contributed by atoms with Crippen LogP contribution in [-0.2, 0) is 30.7 Å². The Morgan fingerprint density at radius 1 is 1.33 bits per heavy atom. The number of rotatable bonds is 7. The SMILES string of the molecule is [CH2-]C(=O)NCCCC[C@H](NC)C(C)=O.[W]. The van der Waals surface area contributed by atoms with Crippen LogP contribution < -0.4 is 10.6 Å². The molecule has 1 amide bonds. The third-order valence-electron chi connectivity index (χ3n) is 2.08. The maximum atomic E-state index is 11.0. The minimum Gasteiger partial charge on any atom is -0.381 e. The minimum absolute atomic E-state index is 0. The fraction of sp³-hybridized carbons (Fsp3) is 0.700. The van der Waals surface area contributed by atoms with Crippen molar-refractivity contribution >= 4 is 11.7 Å². The summed E-state index contributed by atoms with van der Waals surface area (Å²) in [7, 11) is 1.78. The van der Waals surface area contributed by atoms with Gasteiger partial charge in [-0.25, -0.2) is 0 Å². The van der Waals surface area contributed by atoms with Gasteiger partial charge in [-0.05, 0) is 33.2 Å². The van der Waals surface area contributed by atoms with Gasteiger partial charge < -0.3 is 22.4 Å². The van der Waals surface area contributed by atoms with Gasteiger partial charge in [0.25, 0.3) is 0 Å². The fourth-order valence-corrected chi connectivity index (χ4v) is 1.25. The molecule has 0 aromatic carbocycles. The second-order valence-electron chi connectivity index (χ2n) is 3.30. The van der Waals surface area contributed by atoms with E-state index in [1.807, 2.05) is 0 Å². The Kier molecular flexibility index (Phi) is 11.6. The summed E-state index contributed by atoms with van der Waals surface area (Å²) in [5, 5.41) is 5.56. The van der Waals surface area contributed by atoms with E-state index in [-0.39, 0.29) is 38.8 Å². The zero-order valence-corrected chi connectivity index (χ0v) is 12.3. The number of hydrogen-bond donors (Lipinski definition) is 2. The summed E-state index contributed by atoms with van der Waals surface area (Å²) in [4.78, 5) is 21.4. The van der Waals surface area contributed by atoms with Crippen LogP contribution in [-0.4, -0.2) is 31.3 Å². The van der Waals surface area contributed by atoms with Gasteiger partial charge >= 0.3 is 0 Å². The van der Waals surface area contributed by atoms with E-state index in [1.54, 1.807) is 14.0 Å². The molecule has 0 aliphatic rings. The van der Waals surface area contributed by atoms with Crippen molar-refractivity contribution in [1.29, 1.82) is 0 Å². The Morgan fingerprint density at radius 3 is 2.33 bits per heavy atom. The van der Waals surface area contributed by atoms with Crippen molar-refractivity contribution in [3.8, 4) is 0 Å². The Balaban J connectivity index is 0. The summed E-state index contributed by atoms with van der Waals surface area (Å²) >= 11 is 0. The van der Waals surface area contributed by atoms with Crippen molar-refractivity contribution in [3.05, 3.63) is 6.92 Å². The van der Waals surface area contributed by atoms with Crippen LogP contribution in [0.5, 0.6) is 0 Å². The standard InChI is InChI=1S/C10H19N2O2.W/c1-8(13)10(11-3)6-4-5-7-12-9(2)14;/h10-11H,2,4-7H2,1,3H3,(H,12,14);/q-1;/t10-;/m0./s1. The first-order valence-corrected chi connectivity index (χ1v) is 4.85. The summed E-state index contributed by atoms with van der Waals surface area (Å²) in [6, 6.07) is -0.0505.